The van der Waals surface area contributed by atoms with Crippen LogP contribution in [0.25, 0.3) is 5.65 Å². The summed E-state index contributed by atoms with van der Waals surface area (Å²) in [5.41, 5.74) is 3.68. The minimum atomic E-state index is -0.488. The van der Waals surface area contributed by atoms with E-state index in [-0.39, 0.29) is 0 Å². The van der Waals surface area contributed by atoms with Crippen LogP contribution in [0.2, 0.25) is 0 Å². The van der Waals surface area contributed by atoms with Crippen LogP contribution in [0.15, 0.2) is 48.8 Å². The highest BCUT2D eigenvalue weighted by Crippen LogP contribution is 2.30. The zero-order valence-electron chi connectivity index (χ0n) is 12.0. The molecule has 0 unspecified atom stereocenters. The molecule has 5 nitrogen and oxygen atoms in total. The van der Waals surface area contributed by atoms with E-state index in [1.54, 1.807) is 6.07 Å². The van der Waals surface area contributed by atoms with E-state index in [0.717, 1.165) is 16.9 Å². The number of hydrogen-bond donors (Lipinski definition) is 0. The Morgan fingerprint density at radius 1 is 1.14 bits per heavy atom. The summed E-state index contributed by atoms with van der Waals surface area (Å²) in [6.45, 7) is 2.20. The summed E-state index contributed by atoms with van der Waals surface area (Å²) in [6.07, 6.45) is 3.78. The van der Waals surface area contributed by atoms with Crippen molar-refractivity contribution in [2.45, 2.75) is 13.5 Å². The van der Waals surface area contributed by atoms with Crippen LogP contribution in [-0.2, 0) is 11.3 Å². The van der Waals surface area contributed by atoms with Gasteiger partial charge in [-0.05, 0) is 31.2 Å². The van der Waals surface area contributed by atoms with Crippen molar-refractivity contribution < 1.29 is 9.59 Å². The number of rotatable bonds is 2. The van der Waals surface area contributed by atoms with Crippen molar-refractivity contribution in [3.8, 4) is 0 Å². The first-order valence-corrected chi connectivity index (χ1v) is 7.03. The number of carbonyl (C=O) groups is 2. The molecule has 22 heavy (non-hydrogen) atoms. The molecule has 0 N–H and O–H groups in total. The molecule has 0 aliphatic carbocycles. The van der Waals surface area contributed by atoms with Crippen LogP contribution in [-0.4, -0.2) is 21.1 Å². The normalized spacial score (nSPS) is 14.0. The van der Waals surface area contributed by atoms with Crippen molar-refractivity contribution in [3.05, 3.63) is 65.6 Å². The lowest BCUT2D eigenvalue weighted by Crippen LogP contribution is -2.29. The van der Waals surface area contributed by atoms with Crippen LogP contribution in [0.1, 0.15) is 21.6 Å². The fourth-order valence-corrected chi connectivity index (χ4v) is 2.80. The number of aromatic nitrogens is 2. The molecule has 0 atom stereocenters. The van der Waals surface area contributed by atoms with Crippen LogP contribution < -0.4 is 4.90 Å². The number of benzene rings is 1. The number of fused-ring (bicyclic) bond motifs is 2. The van der Waals surface area contributed by atoms with Crippen molar-refractivity contribution in [3.63, 3.8) is 0 Å². The molecule has 3 heterocycles. The van der Waals surface area contributed by atoms with Crippen LogP contribution in [0.4, 0.5) is 5.69 Å². The average Bonchev–Trinajstić information content (AvgIpc) is 3.02. The number of carbonyl (C=O) groups excluding carboxylic acids is 2. The Morgan fingerprint density at radius 3 is 2.82 bits per heavy atom. The van der Waals surface area contributed by atoms with Gasteiger partial charge in [0.25, 0.3) is 11.7 Å². The average molecular weight is 291 g/mol. The van der Waals surface area contributed by atoms with E-state index in [4.69, 9.17) is 0 Å². The van der Waals surface area contributed by atoms with E-state index in [1.165, 1.54) is 4.90 Å². The van der Waals surface area contributed by atoms with Crippen molar-refractivity contribution in [1.29, 1.82) is 0 Å². The summed E-state index contributed by atoms with van der Waals surface area (Å²) in [5, 5.41) is 0. The molecule has 1 aliphatic heterocycles. The van der Waals surface area contributed by atoms with E-state index in [1.807, 2.05) is 54.0 Å². The Morgan fingerprint density at radius 2 is 2.00 bits per heavy atom. The van der Waals surface area contributed by atoms with Crippen molar-refractivity contribution in [2.24, 2.45) is 0 Å². The Labute approximate surface area is 126 Å². The zero-order chi connectivity index (χ0) is 15.3. The van der Waals surface area contributed by atoms with Gasteiger partial charge in [-0.1, -0.05) is 17.7 Å². The van der Waals surface area contributed by atoms with E-state index in [2.05, 4.69) is 4.98 Å². The third-order valence-electron chi connectivity index (χ3n) is 3.86. The monoisotopic (exact) mass is 291 g/mol. The molecule has 3 aromatic rings. The molecule has 1 aliphatic rings. The highest BCUT2D eigenvalue weighted by atomic mass is 16.2. The molecule has 0 fully saturated rings. The van der Waals surface area contributed by atoms with Gasteiger partial charge in [0.05, 0.1) is 23.5 Å². The van der Waals surface area contributed by atoms with Gasteiger partial charge in [0.15, 0.2) is 0 Å². The van der Waals surface area contributed by atoms with Gasteiger partial charge in [0.1, 0.15) is 5.65 Å². The summed E-state index contributed by atoms with van der Waals surface area (Å²) < 4.78 is 1.90. The summed E-state index contributed by atoms with van der Waals surface area (Å²) in [6, 6.07) is 11.2. The molecule has 0 bridgehead atoms. The molecule has 5 heteroatoms. The number of pyridine rings is 1. The second-order valence-corrected chi connectivity index (χ2v) is 5.44. The van der Waals surface area contributed by atoms with E-state index >= 15 is 0 Å². The second-order valence-electron chi connectivity index (χ2n) is 5.44. The lowest BCUT2D eigenvalue weighted by atomic mass is 10.1. The molecule has 108 valence electrons. The summed E-state index contributed by atoms with van der Waals surface area (Å²) in [5.74, 6) is -0.930. The SMILES string of the molecule is Cc1ccc2c(c1)C(=O)C(=O)N2Cc1cn2ccccc2n1. The second kappa shape index (κ2) is 4.53. The van der Waals surface area contributed by atoms with Crippen LogP contribution in [0, 0.1) is 6.92 Å². The van der Waals surface area contributed by atoms with Gasteiger partial charge in [-0.2, -0.15) is 0 Å². The predicted octanol–water partition coefficient (Wildman–Crippen LogP) is 2.37. The Hall–Kier alpha value is -2.95. The third kappa shape index (κ3) is 1.83. The maximum Gasteiger partial charge on any atom is 0.299 e. The highest BCUT2D eigenvalue weighted by Gasteiger charge is 2.36. The van der Waals surface area contributed by atoms with Gasteiger partial charge in [-0.3, -0.25) is 14.5 Å². The first kappa shape index (κ1) is 12.8. The minimum Gasteiger partial charge on any atom is -0.307 e. The fourth-order valence-electron chi connectivity index (χ4n) is 2.80. The Kier molecular flexibility index (Phi) is 2.63. The van der Waals surface area contributed by atoms with E-state index < -0.39 is 11.7 Å². The number of hydrogen-bond acceptors (Lipinski definition) is 3. The van der Waals surface area contributed by atoms with Crippen molar-refractivity contribution in [1.82, 2.24) is 9.38 Å². The number of anilines is 1. The Balaban J connectivity index is 1.74. The maximum atomic E-state index is 12.2. The first-order chi connectivity index (χ1) is 10.6. The molecule has 0 radical (unpaired) electrons. The third-order valence-corrected chi connectivity index (χ3v) is 3.86. The lowest BCUT2D eigenvalue weighted by Gasteiger charge is -2.14. The predicted molar refractivity (Wildman–Crippen MR) is 81.9 cm³/mol. The van der Waals surface area contributed by atoms with Gasteiger partial charge in [0.2, 0.25) is 0 Å². The summed E-state index contributed by atoms with van der Waals surface area (Å²) in [4.78, 5) is 30.3. The molecule has 0 saturated carbocycles. The van der Waals surface area contributed by atoms with E-state index in [0.29, 0.717) is 17.8 Å². The number of nitrogens with zero attached hydrogens (tertiary/aromatic N) is 3. The molecule has 1 aromatic carbocycles. The fraction of sp³-hybridized carbons (Fsp3) is 0.118. The highest BCUT2D eigenvalue weighted by molar-refractivity contribution is 6.52. The van der Waals surface area contributed by atoms with Gasteiger partial charge >= 0.3 is 0 Å². The molecular formula is C17H13N3O2. The number of aryl methyl sites for hydroxylation is 1. The number of amides is 1. The first-order valence-electron chi connectivity index (χ1n) is 7.03. The standard InChI is InChI=1S/C17H13N3O2/c1-11-5-6-14-13(8-11)16(21)17(22)20(14)10-12-9-19-7-3-2-4-15(19)18-12/h2-9H,10H2,1H3. The van der Waals surface area contributed by atoms with Crippen molar-refractivity contribution >= 4 is 23.0 Å². The minimum absolute atomic E-state index is 0.294. The van der Waals surface area contributed by atoms with Gasteiger partial charge < -0.3 is 4.40 Å². The molecule has 0 saturated heterocycles. The maximum absolute atomic E-state index is 12.2. The van der Waals surface area contributed by atoms with Crippen LogP contribution in [0.5, 0.6) is 0 Å². The smallest absolute Gasteiger partial charge is 0.299 e. The van der Waals surface area contributed by atoms with Crippen LogP contribution in [0.3, 0.4) is 0 Å². The van der Waals surface area contributed by atoms with Crippen molar-refractivity contribution in [2.75, 3.05) is 4.90 Å². The molecule has 4 rings (SSSR count). The van der Waals surface area contributed by atoms with Gasteiger partial charge in [0, 0.05) is 12.4 Å². The zero-order valence-corrected chi connectivity index (χ0v) is 12.0. The van der Waals surface area contributed by atoms with E-state index in [9.17, 15) is 9.59 Å². The molecule has 1 amide bonds. The summed E-state index contributed by atoms with van der Waals surface area (Å²) in [7, 11) is 0. The number of imidazole rings is 1. The van der Waals surface area contributed by atoms with Crippen LogP contribution >= 0.6 is 0 Å². The number of Topliss-reactive ketones (excluding diaryl/α,β-unsaturated/α-hetero) is 1. The largest absolute Gasteiger partial charge is 0.307 e. The number of ketones is 1. The molecule has 0 spiro atoms. The quantitative estimate of drug-likeness (QED) is 0.681. The topological polar surface area (TPSA) is 54.7 Å². The van der Waals surface area contributed by atoms with Gasteiger partial charge in [-0.25, -0.2) is 4.98 Å². The Bertz CT molecular complexity index is 894. The van der Waals surface area contributed by atoms with Gasteiger partial charge in [-0.15, -0.1) is 0 Å². The molecule has 2 aromatic heterocycles. The molecular weight excluding hydrogens is 278 g/mol. The summed E-state index contributed by atoms with van der Waals surface area (Å²) >= 11 is 0. The lowest BCUT2D eigenvalue weighted by molar-refractivity contribution is -0.114.